The molecule has 2 rings (SSSR count). The predicted octanol–water partition coefficient (Wildman–Crippen LogP) is 3.74. The molecule has 0 aliphatic rings. The number of amides is 1. The molecular formula is C21H27NO4. The van der Waals surface area contributed by atoms with E-state index in [0.717, 1.165) is 17.1 Å². The average molecular weight is 357 g/mol. The molecule has 0 fully saturated rings. The van der Waals surface area contributed by atoms with Gasteiger partial charge < -0.3 is 19.5 Å². The molecule has 1 amide bonds. The summed E-state index contributed by atoms with van der Waals surface area (Å²) >= 11 is 0. The molecule has 1 N–H and O–H groups in total. The fourth-order valence-corrected chi connectivity index (χ4v) is 2.37. The van der Waals surface area contributed by atoms with Gasteiger partial charge in [0.1, 0.15) is 23.9 Å². The van der Waals surface area contributed by atoms with E-state index in [1.54, 1.807) is 7.11 Å². The summed E-state index contributed by atoms with van der Waals surface area (Å²) in [5.74, 6) is 2.06. The number of benzene rings is 2. The summed E-state index contributed by atoms with van der Waals surface area (Å²) in [6.45, 7) is 6.22. The monoisotopic (exact) mass is 357 g/mol. The second kappa shape index (κ2) is 9.70. The fourth-order valence-electron chi connectivity index (χ4n) is 2.37. The topological polar surface area (TPSA) is 56.8 Å². The van der Waals surface area contributed by atoms with Crippen LogP contribution in [0.1, 0.15) is 25.8 Å². The number of nitrogens with one attached hydrogen (secondary N) is 1. The molecule has 2 aromatic carbocycles. The molecule has 0 saturated carbocycles. The first kappa shape index (κ1) is 19.6. The van der Waals surface area contributed by atoms with E-state index in [1.807, 2.05) is 69.3 Å². The third kappa shape index (κ3) is 5.99. The molecule has 0 radical (unpaired) electrons. The molecule has 26 heavy (non-hydrogen) atoms. The highest BCUT2D eigenvalue weighted by atomic mass is 16.5. The summed E-state index contributed by atoms with van der Waals surface area (Å²) in [6.07, 6.45) is 0.0623. The smallest absolute Gasteiger partial charge is 0.261 e. The minimum Gasteiger partial charge on any atom is -0.497 e. The van der Waals surface area contributed by atoms with Crippen molar-refractivity contribution in [2.45, 2.75) is 39.3 Å². The molecule has 2 atom stereocenters. The van der Waals surface area contributed by atoms with Crippen LogP contribution < -0.4 is 19.5 Å². The quantitative estimate of drug-likeness (QED) is 0.743. The first-order valence-electron chi connectivity index (χ1n) is 8.82. The van der Waals surface area contributed by atoms with Crippen molar-refractivity contribution in [3.05, 3.63) is 54.1 Å². The minimum absolute atomic E-state index is 0.139. The Balaban J connectivity index is 1.82. The Labute approximate surface area is 155 Å². The van der Waals surface area contributed by atoms with Crippen molar-refractivity contribution >= 4 is 5.91 Å². The molecule has 140 valence electrons. The van der Waals surface area contributed by atoms with Crippen LogP contribution in [0.4, 0.5) is 0 Å². The molecule has 5 nitrogen and oxygen atoms in total. The zero-order chi connectivity index (χ0) is 18.9. The molecule has 0 aromatic heterocycles. The lowest BCUT2D eigenvalue weighted by atomic mass is 10.2. The molecular weight excluding hydrogens is 330 g/mol. The summed E-state index contributed by atoms with van der Waals surface area (Å²) in [5.41, 5.74) is 1.15. The maximum atomic E-state index is 12.4. The highest BCUT2D eigenvalue weighted by molar-refractivity contribution is 5.81. The van der Waals surface area contributed by atoms with Crippen LogP contribution in [-0.4, -0.2) is 31.8 Å². The first-order chi connectivity index (χ1) is 12.5. The van der Waals surface area contributed by atoms with Gasteiger partial charge in [-0.2, -0.15) is 0 Å². The van der Waals surface area contributed by atoms with Gasteiger partial charge in [0.25, 0.3) is 5.91 Å². The van der Waals surface area contributed by atoms with Gasteiger partial charge in [0, 0.05) is 0 Å². The summed E-state index contributed by atoms with van der Waals surface area (Å²) in [4.78, 5) is 12.4. The van der Waals surface area contributed by atoms with E-state index in [0.29, 0.717) is 18.8 Å². The van der Waals surface area contributed by atoms with Gasteiger partial charge in [-0.3, -0.25) is 4.79 Å². The van der Waals surface area contributed by atoms with Gasteiger partial charge in [-0.05, 0) is 56.7 Å². The van der Waals surface area contributed by atoms with E-state index < -0.39 is 6.10 Å². The molecule has 0 bridgehead atoms. The lowest BCUT2D eigenvalue weighted by Gasteiger charge is -2.21. The Hall–Kier alpha value is -2.69. The Morgan fingerprint density at radius 2 is 1.58 bits per heavy atom. The molecule has 0 saturated heterocycles. The molecule has 0 unspecified atom stereocenters. The molecule has 0 aliphatic carbocycles. The second-order valence-electron chi connectivity index (χ2n) is 6.22. The standard InChI is InChI=1S/C21H27NO4/c1-5-20(26-19-8-6-15(2)7-9-19)21(23)22-16(3)14-25-18-12-10-17(24-4)11-13-18/h6-13,16,20H,5,14H2,1-4H3,(H,22,23)/t16-,20+/m1/s1. The van der Waals surface area contributed by atoms with Crippen LogP contribution in [0, 0.1) is 6.92 Å². The van der Waals surface area contributed by atoms with Crippen LogP contribution in [0.3, 0.4) is 0 Å². The van der Waals surface area contributed by atoms with Crippen LogP contribution in [0.2, 0.25) is 0 Å². The minimum atomic E-state index is -0.527. The van der Waals surface area contributed by atoms with Crippen LogP contribution in [-0.2, 0) is 4.79 Å². The van der Waals surface area contributed by atoms with Gasteiger partial charge >= 0.3 is 0 Å². The molecule has 0 spiro atoms. The highest BCUT2D eigenvalue weighted by Crippen LogP contribution is 2.17. The summed E-state index contributed by atoms with van der Waals surface area (Å²) in [7, 11) is 1.62. The van der Waals surface area contributed by atoms with Crippen LogP contribution in [0.15, 0.2) is 48.5 Å². The van der Waals surface area contributed by atoms with Gasteiger partial charge in [0.2, 0.25) is 0 Å². The van der Waals surface area contributed by atoms with Crippen LogP contribution >= 0.6 is 0 Å². The zero-order valence-electron chi connectivity index (χ0n) is 15.8. The number of carbonyl (C=O) groups excluding carboxylic acids is 1. The van der Waals surface area contributed by atoms with Crippen molar-refractivity contribution in [3.63, 3.8) is 0 Å². The van der Waals surface area contributed by atoms with E-state index in [9.17, 15) is 4.79 Å². The predicted molar refractivity (Wildman–Crippen MR) is 102 cm³/mol. The van der Waals surface area contributed by atoms with E-state index >= 15 is 0 Å². The Kier molecular flexibility index (Phi) is 7.33. The van der Waals surface area contributed by atoms with Gasteiger partial charge in [0.15, 0.2) is 6.10 Å². The largest absolute Gasteiger partial charge is 0.497 e. The van der Waals surface area contributed by atoms with Crippen molar-refractivity contribution in [1.82, 2.24) is 5.32 Å². The van der Waals surface area contributed by atoms with Gasteiger partial charge in [-0.25, -0.2) is 0 Å². The van der Waals surface area contributed by atoms with Crippen molar-refractivity contribution < 1.29 is 19.0 Å². The summed E-state index contributed by atoms with van der Waals surface area (Å²) < 4.78 is 16.6. The van der Waals surface area contributed by atoms with E-state index in [-0.39, 0.29) is 11.9 Å². The van der Waals surface area contributed by atoms with Crippen LogP contribution in [0.25, 0.3) is 0 Å². The molecule has 0 aliphatic heterocycles. The number of carbonyl (C=O) groups is 1. The van der Waals surface area contributed by atoms with Crippen molar-refractivity contribution in [3.8, 4) is 17.2 Å². The third-order valence-electron chi connectivity index (χ3n) is 3.91. The van der Waals surface area contributed by atoms with Crippen molar-refractivity contribution in [2.75, 3.05) is 13.7 Å². The van der Waals surface area contributed by atoms with E-state index in [2.05, 4.69) is 5.32 Å². The van der Waals surface area contributed by atoms with E-state index in [4.69, 9.17) is 14.2 Å². The van der Waals surface area contributed by atoms with Gasteiger partial charge in [-0.1, -0.05) is 24.6 Å². The first-order valence-corrected chi connectivity index (χ1v) is 8.82. The number of ether oxygens (including phenoxy) is 3. The lowest BCUT2D eigenvalue weighted by Crippen LogP contribution is -2.44. The number of methoxy groups -OCH3 is 1. The Bertz CT molecular complexity index is 682. The Morgan fingerprint density at radius 1 is 1.00 bits per heavy atom. The molecule has 0 heterocycles. The second-order valence-corrected chi connectivity index (χ2v) is 6.22. The number of hydrogen-bond donors (Lipinski definition) is 1. The Morgan fingerprint density at radius 3 is 2.15 bits per heavy atom. The summed E-state index contributed by atoms with van der Waals surface area (Å²) in [6, 6.07) is 14.9. The summed E-state index contributed by atoms with van der Waals surface area (Å²) in [5, 5.41) is 2.94. The maximum absolute atomic E-state index is 12.4. The third-order valence-corrected chi connectivity index (χ3v) is 3.91. The molecule has 2 aromatic rings. The fraction of sp³-hybridized carbons (Fsp3) is 0.381. The van der Waals surface area contributed by atoms with Gasteiger partial charge in [0.05, 0.1) is 13.2 Å². The molecule has 5 heteroatoms. The number of rotatable bonds is 9. The lowest BCUT2D eigenvalue weighted by molar-refractivity contribution is -0.128. The highest BCUT2D eigenvalue weighted by Gasteiger charge is 2.20. The SMILES string of the molecule is CC[C@H](Oc1ccc(C)cc1)C(=O)N[C@H](C)COc1ccc(OC)cc1. The number of aryl methyl sites for hydroxylation is 1. The van der Waals surface area contributed by atoms with Gasteiger partial charge in [-0.15, -0.1) is 0 Å². The van der Waals surface area contributed by atoms with Crippen molar-refractivity contribution in [2.24, 2.45) is 0 Å². The average Bonchev–Trinajstić information content (AvgIpc) is 2.66. The normalized spacial score (nSPS) is 12.8. The van der Waals surface area contributed by atoms with E-state index in [1.165, 1.54) is 0 Å². The van der Waals surface area contributed by atoms with Crippen LogP contribution in [0.5, 0.6) is 17.2 Å². The maximum Gasteiger partial charge on any atom is 0.261 e. The zero-order valence-corrected chi connectivity index (χ0v) is 15.8. The van der Waals surface area contributed by atoms with Crippen molar-refractivity contribution in [1.29, 1.82) is 0 Å². The number of hydrogen-bond acceptors (Lipinski definition) is 4.